The molecule has 2 aromatic rings. The zero-order chi connectivity index (χ0) is 12.3. The van der Waals surface area contributed by atoms with Crippen molar-refractivity contribution in [3.05, 3.63) is 51.7 Å². The third-order valence-corrected chi connectivity index (χ3v) is 2.87. The fraction of sp³-hybridized carbons (Fsp3) is 0.167. The minimum absolute atomic E-state index is 0.153. The van der Waals surface area contributed by atoms with Crippen LogP contribution in [0.3, 0.4) is 0 Å². The van der Waals surface area contributed by atoms with Gasteiger partial charge >= 0.3 is 0 Å². The molecule has 1 atom stereocenters. The second-order valence-electron chi connectivity index (χ2n) is 3.60. The van der Waals surface area contributed by atoms with Crippen molar-refractivity contribution in [2.24, 2.45) is 0 Å². The molecule has 0 spiro atoms. The van der Waals surface area contributed by atoms with Gasteiger partial charge in [-0.2, -0.15) is 0 Å². The molecule has 1 N–H and O–H groups in total. The molecule has 5 heteroatoms. The molecular formula is C12H11IN2O2. The average Bonchev–Trinajstić information content (AvgIpc) is 2.82. The van der Waals surface area contributed by atoms with Crippen LogP contribution >= 0.6 is 22.6 Å². The van der Waals surface area contributed by atoms with Gasteiger partial charge in [-0.15, -0.1) is 0 Å². The maximum atomic E-state index is 11.9. The monoisotopic (exact) mass is 342 g/mol. The van der Waals surface area contributed by atoms with Crippen molar-refractivity contribution in [1.82, 2.24) is 10.3 Å². The molecule has 0 aliphatic carbocycles. The Morgan fingerprint density at radius 3 is 3.00 bits per heavy atom. The van der Waals surface area contributed by atoms with Crippen molar-refractivity contribution in [3.8, 4) is 0 Å². The Labute approximate surface area is 113 Å². The van der Waals surface area contributed by atoms with Gasteiger partial charge < -0.3 is 9.73 Å². The molecule has 4 nitrogen and oxygen atoms in total. The summed E-state index contributed by atoms with van der Waals surface area (Å²) in [6.07, 6.45) is 4.84. The Morgan fingerprint density at radius 1 is 1.53 bits per heavy atom. The fourth-order valence-electron chi connectivity index (χ4n) is 1.42. The lowest BCUT2D eigenvalue weighted by Gasteiger charge is -2.11. The number of nitrogens with one attached hydrogen (secondary N) is 1. The largest absolute Gasteiger partial charge is 0.467 e. The molecule has 0 saturated heterocycles. The Morgan fingerprint density at radius 2 is 2.35 bits per heavy atom. The second kappa shape index (κ2) is 5.31. The molecule has 88 valence electrons. The van der Waals surface area contributed by atoms with E-state index >= 15 is 0 Å². The maximum absolute atomic E-state index is 11.9. The van der Waals surface area contributed by atoms with E-state index in [0.717, 1.165) is 9.33 Å². The molecule has 17 heavy (non-hydrogen) atoms. The molecule has 2 rings (SSSR count). The van der Waals surface area contributed by atoms with Crippen LogP contribution in [0.2, 0.25) is 0 Å². The molecule has 1 amide bonds. The zero-order valence-corrected chi connectivity index (χ0v) is 11.3. The van der Waals surface area contributed by atoms with Gasteiger partial charge in [-0.05, 0) is 47.7 Å². The number of aromatic nitrogens is 1. The molecule has 0 aromatic carbocycles. The maximum Gasteiger partial charge on any atom is 0.253 e. The van der Waals surface area contributed by atoms with E-state index in [-0.39, 0.29) is 11.9 Å². The lowest BCUT2D eigenvalue weighted by Crippen LogP contribution is -2.26. The molecule has 0 aliphatic heterocycles. The van der Waals surface area contributed by atoms with Crippen molar-refractivity contribution in [2.45, 2.75) is 13.0 Å². The van der Waals surface area contributed by atoms with Crippen molar-refractivity contribution < 1.29 is 9.21 Å². The van der Waals surface area contributed by atoms with Gasteiger partial charge in [0, 0.05) is 16.0 Å². The van der Waals surface area contributed by atoms with E-state index in [4.69, 9.17) is 4.42 Å². The molecule has 0 radical (unpaired) electrons. The number of hydrogen-bond acceptors (Lipinski definition) is 3. The van der Waals surface area contributed by atoms with Crippen LogP contribution in [0, 0.1) is 3.57 Å². The number of amides is 1. The quantitative estimate of drug-likeness (QED) is 0.873. The number of halogens is 1. The summed E-state index contributed by atoms with van der Waals surface area (Å²) in [4.78, 5) is 15.9. The predicted octanol–water partition coefficient (Wildman–Crippen LogP) is 2.77. The topological polar surface area (TPSA) is 55.1 Å². The summed E-state index contributed by atoms with van der Waals surface area (Å²) in [6.45, 7) is 1.87. The average molecular weight is 342 g/mol. The minimum atomic E-state index is -0.157. The van der Waals surface area contributed by atoms with Crippen LogP contribution in [0.5, 0.6) is 0 Å². The molecule has 0 aliphatic rings. The summed E-state index contributed by atoms with van der Waals surface area (Å²) in [6, 6.07) is 5.26. The summed E-state index contributed by atoms with van der Waals surface area (Å²) in [5.74, 6) is 0.580. The van der Waals surface area contributed by atoms with Gasteiger partial charge in [0.2, 0.25) is 0 Å². The molecule has 0 bridgehead atoms. The third kappa shape index (κ3) is 3.06. The van der Waals surface area contributed by atoms with Crippen LogP contribution in [-0.2, 0) is 0 Å². The second-order valence-corrected chi connectivity index (χ2v) is 4.85. The van der Waals surface area contributed by atoms with E-state index in [1.165, 1.54) is 0 Å². The molecule has 2 aromatic heterocycles. The highest BCUT2D eigenvalue weighted by atomic mass is 127. The Hall–Kier alpha value is -1.37. The first-order chi connectivity index (χ1) is 8.16. The van der Waals surface area contributed by atoms with Crippen LogP contribution in [0.1, 0.15) is 29.1 Å². The van der Waals surface area contributed by atoms with Crippen LogP contribution in [0.25, 0.3) is 0 Å². The summed E-state index contributed by atoms with van der Waals surface area (Å²) < 4.78 is 6.16. The summed E-state index contributed by atoms with van der Waals surface area (Å²) in [5.41, 5.74) is 0.551. The third-order valence-electron chi connectivity index (χ3n) is 2.28. The molecule has 0 fully saturated rings. The van der Waals surface area contributed by atoms with E-state index in [9.17, 15) is 4.79 Å². The number of pyridine rings is 1. The van der Waals surface area contributed by atoms with Gasteiger partial charge in [0.25, 0.3) is 5.91 Å². The van der Waals surface area contributed by atoms with Crippen molar-refractivity contribution >= 4 is 28.5 Å². The standard InChI is InChI=1S/C12H11IN2O2/c1-8(11-3-2-4-17-11)15-12(16)9-5-10(13)7-14-6-9/h2-8H,1H3,(H,15,16)/t8-/m0/s1. The predicted molar refractivity (Wildman–Crippen MR) is 71.5 cm³/mol. The van der Waals surface area contributed by atoms with Crippen LogP contribution < -0.4 is 5.32 Å². The van der Waals surface area contributed by atoms with Crippen LogP contribution in [-0.4, -0.2) is 10.9 Å². The molecule has 0 unspecified atom stereocenters. The number of nitrogens with zero attached hydrogens (tertiary/aromatic N) is 1. The van der Waals surface area contributed by atoms with Crippen molar-refractivity contribution in [3.63, 3.8) is 0 Å². The summed E-state index contributed by atoms with van der Waals surface area (Å²) >= 11 is 2.12. The minimum Gasteiger partial charge on any atom is -0.467 e. The normalized spacial score (nSPS) is 12.1. The van der Waals surface area contributed by atoms with Crippen molar-refractivity contribution in [2.75, 3.05) is 0 Å². The number of carbonyl (C=O) groups excluding carboxylic acids is 1. The Bertz CT molecular complexity index is 511. The molecule has 2 heterocycles. The van der Waals surface area contributed by atoms with Crippen molar-refractivity contribution in [1.29, 1.82) is 0 Å². The summed E-state index contributed by atoms with van der Waals surface area (Å²) in [7, 11) is 0. The van der Waals surface area contributed by atoms with E-state index < -0.39 is 0 Å². The highest BCUT2D eigenvalue weighted by Crippen LogP contribution is 2.13. The first-order valence-corrected chi connectivity index (χ1v) is 6.19. The SMILES string of the molecule is C[C@H](NC(=O)c1cncc(I)c1)c1ccco1. The zero-order valence-electron chi connectivity index (χ0n) is 9.18. The summed E-state index contributed by atoms with van der Waals surface area (Å²) in [5, 5.41) is 2.85. The first-order valence-electron chi connectivity index (χ1n) is 5.11. The van der Waals surface area contributed by atoms with Gasteiger partial charge in [-0.25, -0.2) is 0 Å². The van der Waals surface area contributed by atoms with E-state index in [1.54, 1.807) is 30.8 Å². The van der Waals surface area contributed by atoms with Gasteiger partial charge in [-0.3, -0.25) is 9.78 Å². The molecular weight excluding hydrogens is 331 g/mol. The number of carbonyl (C=O) groups is 1. The van der Waals surface area contributed by atoms with Crippen LogP contribution in [0.15, 0.2) is 41.3 Å². The fourth-order valence-corrected chi connectivity index (χ4v) is 1.92. The van der Waals surface area contributed by atoms with E-state index in [2.05, 4.69) is 32.9 Å². The van der Waals surface area contributed by atoms with Gasteiger partial charge in [0.15, 0.2) is 0 Å². The first kappa shape index (κ1) is 12.1. The Kier molecular flexibility index (Phi) is 3.78. The van der Waals surface area contributed by atoms with Crippen LogP contribution in [0.4, 0.5) is 0 Å². The van der Waals surface area contributed by atoms with E-state index in [1.807, 2.05) is 13.0 Å². The smallest absolute Gasteiger partial charge is 0.253 e. The number of rotatable bonds is 3. The molecule has 0 saturated carbocycles. The highest BCUT2D eigenvalue weighted by Gasteiger charge is 2.13. The lowest BCUT2D eigenvalue weighted by atomic mass is 10.2. The number of furan rings is 1. The van der Waals surface area contributed by atoms with Gasteiger partial charge in [0.05, 0.1) is 17.9 Å². The number of hydrogen-bond donors (Lipinski definition) is 1. The highest BCUT2D eigenvalue weighted by molar-refractivity contribution is 14.1. The lowest BCUT2D eigenvalue weighted by molar-refractivity contribution is 0.0935. The Balaban J connectivity index is 2.07. The van der Waals surface area contributed by atoms with Gasteiger partial charge in [-0.1, -0.05) is 0 Å². The van der Waals surface area contributed by atoms with E-state index in [0.29, 0.717) is 5.56 Å². The van der Waals surface area contributed by atoms with Gasteiger partial charge in [0.1, 0.15) is 5.76 Å².